The number of hydrogen-bond acceptors (Lipinski definition) is 4. The van der Waals surface area contributed by atoms with Crippen molar-refractivity contribution in [2.45, 2.75) is 25.3 Å². The lowest BCUT2D eigenvalue weighted by Gasteiger charge is -2.15. The van der Waals surface area contributed by atoms with Crippen molar-refractivity contribution in [3.05, 3.63) is 5.82 Å². The van der Waals surface area contributed by atoms with Crippen molar-refractivity contribution in [3.63, 3.8) is 0 Å². The minimum absolute atomic E-state index is 0.0845. The van der Waals surface area contributed by atoms with Crippen molar-refractivity contribution in [1.29, 1.82) is 0 Å². The molecule has 0 spiro atoms. The quantitative estimate of drug-likeness (QED) is 0.520. The van der Waals surface area contributed by atoms with Crippen LogP contribution in [0.5, 0.6) is 0 Å². The maximum atomic E-state index is 10.5. The summed E-state index contributed by atoms with van der Waals surface area (Å²) in [6, 6.07) is 0. The molecule has 2 rings (SSSR count). The molecule has 0 aromatic carbocycles. The van der Waals surface area contributed by atoms with Crippen molar-refractivity contribution in [3.8, 4) is 0 Å². The molecule has 0 N–H and O–H groups in total. The van der Waals surface area contributed by atoms with Gasteiger partial charge in [0.05, 0.1) is 5.92 Å². The highest BCUT2D eigenvalue weighted by molar-refractivity contribution is 5.59. The number of aryl methyl sites for hydroxylation is 1. The van der Waals surface area contributed by atoms with E-state index in [0.29, 0.717) is 5.82 Å². The van der Waals surface area contributed by atoms with Crippen LogP contribution in [-0.4, -0.2) is 26.5 Å². The van der Waals surface area contributed by atoms with E-state index in [9.17, 15) is 4.79 Å². The van der Waals surface area contributed by atoms with E-state index < -0.39 is 0 Å². The fourth-order valence-electron chi connectivity index (χ4n) is 1.36. The zero-order chi connectivity index (χ0) is 7.68. The van der Waals surface area contributed by atoms with E-state index in [2.05, 4.69) is 15.5 Å². The smallest absolute Gasteiger partial charge is 0.161 e. The molecule has 0 bridgehead atoms. The van der Waals surface area contributed by atoms with E-state index in [0.717, 1.165) is 25.7 Å². The van der Waals surface area contributed by atoms with Gasteiger partial charge < -0.3 is 4.79 Å². The van der Waals surface area contributed by atoms with Crippen LogP contribution >= 0.6 is 0 Å². The second-order valence-electron chi connectivity index (χ2n) is 2.65. The van der Waals surface area contributed by atoms with Gasteiger partial charge in [-0.2, -0.15) is 0 Å². The summed E-state index contributed by atoms with van der Waals surface area (Å²) in [5, 5.41) is 11.0. The fraction of sp³-hybridized carbons (Fsp3) is 0.667. The summed E-state index contributed by atoms with van der Waals surface area (Å²) < 4.78 is 1.70. The lowest BCUT2D eigenvalue weighted by atomic mass is 10.0. The maximum absolute atomic E-state index is 10.5. The number of carbonyl (C=O) groups is 1. The van der Waals surface area contributed by atoms with Crippen LogP contribution in [0.3, 0.4) is 0 Å². The van der Waals surface area contributed by atoms with Crippen molar-refractivity contribution in [1.82, 2.24) is 20.2 Å². The summed E-state index contributed by atoms with van der Waals surface area (Å²) in [5.41, 5.74) is 0. The lowest BCUT2D eigenvalue weighted by molar-refractivity contribution is -0.109. The van der Waals surface area contributed by atoms with E-state index in [1.165, 1.54) is 0 Å². The van der Waals surface area contributed by atoms with E-state index in [1.54, 1.807) is 4.68 Å². The number of hydrogen-bond donors (Lipinski definition) is 0. The first-order chi connectivity index (χ1) is 5.42. The Morgan fingerprint density at radius 3 is 3.36 bits per heavy atom. The normalized spacial score (nSPS) is 22.7. The van der Waals surface area contributed by atoms with Gasteiger partial charge in [-0.25, -0.2) is 4.68 Å². The zero-order valence-electron chi connectivity index (χ0n) is 5.97. The van der Waals surface area contributed by atoms with Crippen LogP contribution in [0.15, 0.2) is 0 Å². The topological polar surface area (TPSA) is 60.7 Å². The van der Waals surface area contributed by atoms with Gasteiger partial charge in [0.25, 0.3) is 0 Å². The third kappa shape index (κ3) is 0.923. The van der Waals surface area contributed by atoms with E-state index in [4.69, 9.17) is 0 Å². The van der Waals surface area contributed by atoms with Gasteiger partial charge in [0.15, 0.2) is 5.82 Å². The molecular weight excluding hydrogens is 144 g/mol. The average Bonchev–Trinajstić information content (AvgIpc) is 2.50. The van der Waals surface area contributed by atoms with Crippen LogP contribution in [0.4, 0.5) is 0 Å². The monoisotopic (exact) mass is 152 g/mol. The first-order valence-electron chi connectivity index (χ1n) is 3.63. The van der Waals surface area contributed by atoms with Gasteiger partial charge in [-0.15, -0.1) is 5.10 Å². The van der Waals surface area contributed by atoms with Gasteiger partial charge in [-0.3, -0.25) is 0 Å². The first-order valence-corrected chi connectivity index (χ1v) is 3.63. The van der Waals surface area contributed by atoms with E-state index >= 15 is 0 Å². The summed E-state index contributed by atoms with van der Waals surface area (Å²) in [7, 11) is 0. The Bertz CT molecular complexity index is 269. The van der Waals surface area contributed by atoms with Gasteiger partial charge in [0.2, 0.25) is 0 Å². The molecule has 1 unspecified atom stereocenters. The van der Waals surface area contributed by atoms with Crippen molar-refractivity contribution < 1.29 is 4.79 Å². The van der Waals surface area contributed by atoms with Crippen LogP contribution < -0.4 is 0 Å². The molecule has 2 heterocycles. The zero-order valence-corrected chi connectivity index (χ0v) is 5.97. The van der Waals surface area contributed by atoms with E-state index in [1.807, 2.05) is 0 Å². The maximum Gasteiger partial charge on any atom is 0.161 e. The Morgan fingerprint density at radius 1 is 1.64 bits per heavy atom. The molecule has 1 aliphatic heterocycles. The Morgan fingerprint density at radius 2 is 2.55 bits per heavy atom. The molecule has 0 aliphatic carbocycles. The molecule has 11 heavy (non-hydrogen) atoms. The second-order valence-corrected chi connectivity index (χ2v) is 2.65. The minimum atomic E-state index is -0.0845. The number of tetrazole rings is 1. The van der Waals surface area contributed by atoms with Gasteiger partial charge in [0.1, 0.15) is 6.29 Å². The van der Waals surface area contributed by atoms with Gasteiger partial charge in [-0.05, 0) is 23.3 Å². The van der Waals surface area contributed by atoms with Crippen LogP contribution in [0.2, 0.25) is 0 Å². The largest absolute Gasteiger partial charge is 0.303 e. The molecule has 1 aliphatic rings. The summed E-state index contributed by atoms with van der Waals surface area (Å²) in [6.45, 7) is 0.840. The third-order valence-electron chi connectivity index (χ3n) is 1.94. The fourth-order valence-corrected chi connectivity index (χ4v) is 1.36. The standard InChI is InChI=1S/C6H8N4O/c11-4-5-2-1-3-10-6(5)7-8-9-10/h4-5H,1-3H2. The van der Waals surface area contributed by atoms with Gasteiger partial charge in [0, 0.05) is 6.54 Å². The molecule has 5 nitrogen and oxygen atoms in total. The Balaban J connectivity index is 2.39. The molecule has 0 radical (unpaired) electrons. The highest BCUT2D eigenvalue weighted by Crippen LogP contribution is 2.21. The predicted octanol–water partition coefficient (Wildman–Crippen LogP) is -0.251. The molecular formula is C6H8N4O. The van der Waals surface area contributed by atoms with Crippen LogP contribution in [0, 0.1) is 0 Å². The Hall–Kier alpha value is -1.26. The van der Waals surface area contributed by atoms with Crippen molar-refractivity contribution in [2.24, 2.45) is 0 Å². The number of nitrogens with zero attached hydrogens (tertiary/aromatic N) is 4. The van der Waals surface area contributed by atoms with Crippen LogP contribution in [-0.2, 0) is 11.3 Å². The SMILES string of the molecule is O=CC1CCCn2nnnc21. The van der Waals surface area contributed by atoms with E-state index in [-0.39, 0.29) is 5.92 Å². The summed E-state index contributed by atoms with van der Waals surface area (Å²) in [4.78, 5) is 10.5. The third-order valence-corrected chi connectivity index (χ3v) is 1.94. The minimum Gasteiger partial charge on any atom is -0.303 e. The van der Waals surface area contributed by atoms with Crippen molar-refractivity contribution >= 4 is 6.29 Å². The molecule has 0 fully saturated rings. The molecule has 0 saturated heterocycles. The summed E-state index contributed by atoms with van der Waals surface area (Å²) in [6.07, 6.45) is 2.78. The predicted molar refractivity (Wildman–Crippen MR) is 35.9 cm³/mol. The molecule has 0 amide bonds. The lowest BCUT2D eigenvalue weighted by Crippen LogP contribution is -2.17. The number of carbonyl (C=O) groups excluding carboxylic acids is 1. The highest BCUT2D eigenvalue weighted by atomic mass is 16.1. The Labute approximate surface area is 63.4 Å². The Kier molecular flexibility index (Phi) is 1.41. The van der Waals surface area contributed by atoms with Crippen molar-refractivity contribution in [2.75, 3.05) is 0 Å². The molecule has 1 aromatic rings. The van der Waals surface area contributed by atoms with Crippen LogP contribution in [0.1, 0.15) is 24.6 Å². The highest BCUT2D eigenvalue weighted by Gasteiger charge is 2.22. The second kappa shape index (κ2) is 2.41. The number of aromatic nitrogens is 4. The molecule has 0 saturated carbocycles. The number of fused-ring (bicyclic) bond motifs is 1. The van der Waals surface area contributed by atoms with Crippen LogP contribution in [0.25, 0.3) is 0 Å². The number of rotatable bonds is 1. The molecule has 1 atom stereocenters. The number of aldehydes is 1. The summed E-state index contributed by atoms with van der Waals surface area (Å²) >= 11 is 0. The molecule has 5 heteroatoms. The van der Waals surface area contributed by atoms with Gasteiger partial charge in [-0.1, -0.05) is 0 Å². The molecule has 58 valence electrons. The average molecular weight is 152 g/mol. The first kappa shape index (κ1) is 6.45. The van der Waals surface area contributed by atoms with Gasteiger partial charge >= 0.3 is 0 Å². The molecule has 1 aromatic heterocycles. The summed E-state index contributed by atoms with van der Waals surface area (Å²) in [5.74, 6) is 0.630.